The second kappa shape index (κ2) is 5.68. The molecule has 88 valence electrons. The van der Waals surface area contributed by atoms with E-state index in [1.54, 1.807) is 7.11 Å². The number of methoxy groups -OCH3 is 1. The summed E-state index contributed by atoms with van der Waals surface area (Å²) in [7, 11) is 1.74. The molecule has 0 saturated heterocycles. The molecule has 0 aliphatic heterocycles. The van der Waals surface area contributed by atoms with E-state index in [-0.39, 0.29) is 7.92 Å². The third-order valence-electron chi connectivity index (χ3n) is 3.59. The summed E-state index contributed by atoms with van der Waals surface area (Å²) in [6.07, 6.45) is 7.12. The molecule has 2 heteroatoms. The lowest BCUT2D eigenvalue weighted by Crippen LogP contribution is -2.17. The van der Waals surface area contributed by atoms with Gasteiger partial charge in [0, 0.05) is 5.30 Å². The van der Waals surface area contributed by atoms with E-state index in [0.29, 0.717) is 0 Å². The minimum atomic E-state index is -0.0455. The molecular formula is C14H21OP. The van der Waals surface area contributed by atoms with Gasteiger partial charge in [-0.1, -0.05) is 45.4 Å². The lowest BCUT2D eigenvalue weighted by Gasteiger charge is -2.29. The van der Waals surface area contributed by atoms with Crippen LogP contribution in [0.4, 0.5) is 0 Å². The van der Waals surface area contributed by atoms with E-state index in [1.165, 1.54) is 37.4 Å². The van der Waals surface area contributed by atoms with E-state index in [4.69, 9.17) is 4.74 Å². The number of benzene rings is 1. The van der Waals surface area contributed by atoms with Crippen molar-refractivity contribution in [1.29, 1.82) is 0 Å². The molecule has 2 rings (SSSR count). The first-order valence-corrected chi connectivity index (χ1v) is 8.04. The number of ether oxygens (including phenoxy) is 1. The fourth-order valence-electron chi connectivity index (χ4n) is 2.59. The zero-order chi connectivity index (χ0) is 11.4. The van der Waals surface area contributed by atoms with Gasteiger partial charge in [-0.2, -0.15) is 0 Å². The Hall–Kier alpha value is -0.550. The molecule has 0 aromatic heterocycles. The molecule has 0 spiro atoms. The average molecular weight is 236 g/mol. The Morgan fingerprint density at radius 2 is 1.81 bits per heavy atom. The summed E-state index contributed by atoms with van der Waals surface area (Å²) in [5, 5.41) is 1.45. The summed E-state index contributed by atoms with van der Waals surface area (Å²) in [5.74, 6) is 1.08. The van der Waals surface area contributed by atoms with Gasteiger partial charge in [0.25, 0.3) is 0 Å². The highest BCUT2D eigenvalue weighted by Gasteiger charge is 2.22. The van der Waals surface area contributed by atoms with Crippen molar-refractivity contribution in [3.05, 3.63) is 24.3 Å². The van der Waals surface area contributed by atoms with Crippen molar-refractivity contribution >= 4 is 13.2 Å². The van der Waals surface area contributed by atoms with E-state index in [0.717, 1.165) is 11.4 Å². The normalized spacial score (nSPS) is 19.4. The van der Waals surface area contributed by atoms with Crippen molar-refractivity contribution in [3.63, 3.8) is 0 Å². The van der Waals surface area contributed by atoms with Gasteiger partial charge in [-0.05, 0) is 31.2 Å². The Bertz CT molecular complexity index is 331. The van der Waals surface area contributed by atoms with Crippen molar-refractivity contribution in [2.45, 2.75) is 37.8 Å². The average Bonchev–Trinajstić information content (AvgIpc) is 2.39. The van der Waals surface area contributed by atoms with Gasteiger partial charge in [-0.25, -0.2) is 0 Å². The second-order valence-electron chi connectivity index (χ2n) is 4.57. The third kappa shape index (κ3) is 2.58. The Balaban J connectivity index is 2.15. The Morgan fingerprint density at radius 1 is 1.12 bits per heavy atom. The van der Waals surface area contributed by atoms with Gasteiger partial charge in [-0.3, -0.25) is 0 Å². The first kappa shape index (κ1) is 11.9. The van der Waals surface area contributed by atoms with Gasteiger partial charge in [0.1, 0.15) is 5.75 Å². The summed E-state index contributed by atoms with van der Waals surface area (Å²) >= 11 is 0. The summed E-state index contributed by atoms with van der Waals surface area (Å²) in [5.41, 5.74) is 0.917. The Kier molecular flexibility index (Phi) is 4.23. The molecule has 1 aromatic carbocycles. The van der Waals surface area contributed by atoms with Crippen LogP contribution in [0.2, 0.25) is 0 Å². The lowest BCUT2D eigenvalue weighted by molar-refractivity contribution is 0.418. The van der Waals surface area contributed by atoms with Gasteiger partial charge in [0.05, 0.1) is 7.11 Å². The molecule has 0 N–H and O–H groups in total. The summed E-state index contributed by atoms with van der Waals surface area (Å²) in [4.78, 5) is 0. The molecule has 1 unspecified atom stereocenters. The summed E-state index contributed by atoms with van der Waals surface area (Å²) in [6.45, 7) is 2.42. The number of hydrogen-bond acceptors (Lipinski definition) is 1. The summed E-state index contributed by atoms with van der Waals surface area (Å²) in [6, 6.07) is 8.54. The molecular weight excluding hydrogens is 215 g/mol. The van der Waals surface area contributed by atoms with Gasteiger partial charge in [0.15, 0.2) is 0 Å². The van der Waals surface area contributed by atoms with Crippen LogP contribution in [0.3, 0.4) is 0 Å². The van der Waals surface area contributed by atoms with Crippen LogP contribution >= 0.6 is 7.92 Å². The number of hydrogen-bond donors (Lipinski definition) is 0. The molecule has 0 amide bonds. The van der Waals surface area contributed by atoms with Crippen molar-refractivity contribution in [1.82, 2.24) is 0 Å². The van der Waals surface area contributed by atoms with Crippen LogP contribution in [-0.2, 0) is 0 Å². The smallest absolute Gasteiger partial charge is 0.126 e. The molecule has 1 atom stereocenters. The van der Waals surface area contributed by atoms with E-state index >= 15 is 0 Å². The van der Waals surface area contributed by atoms with Crippen LogP contribution < -0.4 is 10.0 Å². The quantitative estimate of drug-likeness (QED) is 0.726. The molecule has 0 bridgehead atoms. The SMILES string of the molecule is COc1ccccc1P(C)C1CCCCC1. The maximum absolute atomic E-state index is 5.47. The van der Waals surface area contributed by atoms with Crippen LogP contribution in [0.5, 0.6) is 5.75 Å². The second-order valence-corrected chi connectivity index (χ2v) is 7.01. The standard InChI is InChI=1S/C14H21OP/c1-15-13-10-6-7-11-14(13)16(2)12-8-4-3-5-9-12/h6-7,10-12H,3-5,8-9H2,1-2H3. The minimum Gasteiger partial charge on any atom is -0.496 e. The van der Waals surface area contributed by atoms with Crippen molar-refractivity contribution < 1.29 is 4.74 Å². The fourth-order valence-corrected chi connectivity index (χ4v) is 4.95. The first-order chi connectivity index (χ1) is 7.83. The molecule has 16 heavy (non-hydrogen) atoms. The first-order valence-electron chi connectivity index (χ1n) is 6.19. The topological polar surface area (TPSA) is 9.23 Å². The maximum atomic E-state index is 5.47. The molecule has 1 aromatic rings. The van der Waals surface area contributed by atoms with Gasteiger partial charge in [0.2, 0.25) is 0 Å². The molecule has 1 aliphatic rings. The Labute approximate surface area is 100.0 Å². The molecule has 1 saturated carbocycles. The molecule has 1 nitrogen and oxygen atoms in total. The highest BCUT2D eigenvalue weighted by Crippen LogP contribution is 2.45. The van der Waals surface area contributed by atoms with Gasteiger partial charge in [-0.15, -0.1) is 0 Å². The van der Waals surface area contributed by atoms with Gasteiger partial charge >= 0.3 is 0 Å². The summed E-state index contributed by atoms with van der Waals surface area (Å²) < 4.78 is 5.47. The monoisotopic (exact) mass is 236 g/mol. The third-order valence-corrected chi connectivity index (χ3v) is 6.33. The zero-order valence-electron chi connectivity index (χ0n) is 10.3. The zero-order valence-corrected chi connectivity index (χ0v) is 11.2. The lowest BCUT2D eigenvalue weighted by atomic mass is 10.0. The van der Waals surface area contributed by atoms with Crippen LogP contribution in [0.1, 0.15) is 32.1 Å². The van der Waals surface area contributed by atoms with E-state index in [2.05, 4.69) is 30.9 Å². The maximum Gasteiger partial charge on any atom is 0.126 e. The highest BCUT2D eigenvalue weighted by molar-refractivity contribution is 7.65. The van der Waals surface area contributed by atoms with E-state index in [1.807, 2.05) is 0 Å². The van der Waals surface area contributed by atoms with Crippen molar-refractivity contribution in [2.24, 2.45) is 0 Å². The fraction of sp³-hybridized carbons (Fsp3) is 0.571. The largest absolute Gasteiger partial charge is 0.496 e. The van der Waals surface area contributed by atoms with Crippen LogP contribution in [0.25, 0.3) is 0 Å². The molecule has 0 radical (unpaired) electrons. The van der Waals surface area contributed by atoms with Crippen molar-refractivity contribution in [2.75, 3.05) is 13.8 Å². The number of rotatable bonds is 3. The predicted octanol–water partition coefficient (Wildman–Crippen LogP) is 3.76. The Morgan fingerprint density at radius 3 is 2.50 bits per heavy atom. The van der Waals surface area contributed by atoms with Crippen molar-refractivity contribution in [3.8, 4) is 5.75 Å². The minimum absolute atomic E-state index is 0.0455. The van der Waals surface area contributed by atoms with Gasteiger partial charge < -0.3 is 4.74 Å². The number of para-hydroxylation sites is 1. The van der Waals surface area contributed by atoms with Crippen LogP contribution in [0, 0.1) is 0 Å². The molecule has 0 heterocycles. The van der Waals surface area contributed by atoms with E-state index < -0.39 is 0 Å². The molecule has 1 fully saturated rings. The van der Waals surface area contributed by atoms with Crippen LogP contribution in [0.15, 0.2) is 24.3 Å². The highest BCUT2D eigenvalue weighted by atomic mass is 31.1. The van der Waals surface area contributed by atoms with E-state index in [9.17, 15) is 0 Å². The van der Waals surface area contributed by atoms with Crippen LogP contribution in [-0.4, -0.2) is 19.4 Å². The predicted molar refractivity (Wildman–Crippen MR) is 72.3 cm³/mol. The molecule has 1 aliphatic carbocycles.